The molecule has 0 aliphatic carbocycles. The quantitative estimate of drug-likeness (QED) is 0.311. The lowest BCUT2D eigenvalue weighted by atomic mass is 9.93. The normalized spacial score (nSPS) is 12.1. The summed E-state index contributed by atoms with van der Waals surface area (Å²) >= 11 is 0. The van der Waals surface area contributed by atoms with Gasteiger partial charge in [-0.15, -0.1) is 0 Å². The fourth-order valence-corrected chi connectivity index (χ4v) is 4.33. The number of carbonyl (C=O) groups is 2. The summed E-state index contributed by atoms with van der Waals surface area (Å²) in [5.74, 6) is -0.00804. The van der Waals surface area contributed by atoms with Crippen molar-refractivity contribution in [3.8, 4) is 11.3 Å². The third kappa shape index (κ3) is 4.79. The van der Waals surface area contributed by atoms with Crippen molar-refractivity contribution in [2.24, 2.45) is 10.8 Å². The Morgan fingerprint density at radius 1 is 0.714 bits per heavy atom. The zero-order chi connectivity index (χ0) is 25.4. The number of aromatic nitrogens is 1. The Kier molecular flexibility index (Phi) is 6.42. The molecule has 3 aromatic carbocycles. The van der Waals surface area contributed by atoms with Crippen LogP contribution < -0.4 is 4.90 Å². The van der Waals surface area contributed by atoms with E-state index >= 15 is 0 Å². The Bertz CT molecular complexity index is 1350. The van der Waals surface area contributed by atoms with Crippen molar-refractivity contribution < 1.29 is 9.59 Å². The van der Waals surface area contributed by atoms with E-state index in [2.05, 4.69) is 0 Å². The molecule has 0 bridgehead atoms. The van der Waals surface area contributed by atoms with Crippen molar-refractivity contribution in [2.75, 3.05) is 4.90 Å². The average Bonchev–Trinajstić information content (AvgIpc) is 3.16. The molecule has 4 nitrogen and oxygen atoms in total. The first-order valence-corrected chi connectivity index (χ1v) is 12.1. The second-order valence-electron chi connectivity index (χ2n) is 11.1. The van der Waals surface area contributed by atoms with Crippen molar-refractivity contribution in [3.05, 3.63) is 90.5 Å². The van der Waals surface area contributed by atoms with Gasteiger partial charge in [-0.2, -0.15) is 0 Å². The van der Waals surface area contributed by atoms with E-state index in [0.29, 0.717) is 6.54 Å². The number of anilines is 1. The maximum atomic E-state index is 14.0. The van der Waals surface area contributed by atoms with Crippen LogP contribution in [0, 0.1) is 10.8 Å². The van der Waals surface area contributed by atoms with Crippen LogP contribution in [0.3, 0.4) is 0 Å². The van der Waals surface area contributed by atoms with Gasteiger partial charge in [0, 0.05) is 21.8 Å². The molecule has 0 aliphatic rings. The molecule has 0 aliphatic heterocycles. The Hall–Kier alpha value is -3.66. The number of carbonyl (C=O) groups excluding carboxylic acids is 2. The van der Waals surface area contributed by atoms with Gasteiger partial charge < -0.3 is 4.90 Å². The highest BCUT2D eigenvalue weighted by atomic mass is 16.2. The van der Waals surface area contributed by atoms with Gasteiger partial charge in [0.25, 0.3) is 0 Å². The minimum Gasteiger partial charge on any atom is -0.305 e. The third-order valence-corrected chi connectivity index (χ3v) is 6.08. The molecule has 1 aromatic heterocycles. The summed E-state index contributed by atoms with van der Waals surface area (Å²) in [5, 5.41) is 0.887. The van der Waals surface area contributed by atoms with E-state index in [1.165, 1.54) is 0 Å². The lowest BCUT2D eigenvalue weighted by Gasteiger charge is -2.31. The van der Waals surface area contributed by atoms with E-state index in [-0.39, 0.29) is 11.8 Å². The van der Waals surface area contributed by atoms with Gasteiger partial charge in [-0.3, -0.25) is 14.2 Å². The number of hydrogen-bond donors (Lipinski definition) is 0. The number of para-hydroxylation sites is 1. The van der Waals surface area contributed by atoms with Crippen LogP contribution in [0.2, 0.25) is 0 Å². The second-order valence-corrected chi connectivity index (χ2v) is 11.1. The van der Waals surface area contributed by atoms with Crippen molar-refractivity contribution in [1.82, 2.24) is 4.57 Å². The summed E-state index contributed by atoms with van der Waals surface area (Å²) in [6.07, 6.45) is 0. The van der Waals surface area contributed by atoms with Crippen LogP contribution in [-0.2, 0) is 11.3 Å². The summed E-state index contributed by atoms with van der Waals surface area (Å²) < 4.78 is 1.81. The Labute approximate surface area is 208 Å². The van der Waals surface area contributed by atoms with Crippen LogP contribution in [0.5, 0.6) is 0 Å². The van der Waals surface area contributed by atoms with Crippen molar-refractivity contribution >= 4 is 28.4 Å². The molecule has 0 N–H and O–H groups in total. The number of fused-ring (bicyclic) bond motifs is 1. The van der Waals surface area contributed by atoms with E-state index in [1.54, 1.807) is 0 Å². The number of rotatable bonds is 4. The first-order chi connectivity index (χ1) is 16.5. The van der Waals surface area contributed by atoms with Crippen molar-refractivity contribution in [1.29, 1.82) is 0 Å². The predicted octanol–water partition coefficient (Wildman–Crippen LogP) is 7.57. The number of nitrogens with zero attached hydrogens (tertiary/aromatic N) is 2. The summed E-state index contributed by atoms with van der Waals surface area (Å²) in [6.45, 7) is 12.0. The lowest BCUT2D eigenvalue weighted by Crippen LogP contribution is -2.39. The van der Waals surface area contributed by atoms with Gasteiger partial charge in [0.05, 0.1) is 23.4 Å². The summed E-state index contributed by atoms with van der Waals surface area (Å²) in [7, 11) is 0. The molecule has 0 radical (unpaired) electrons. The van der Waals surface area contributed by atoms with Gasteiger partial charge in [-0.05, 0) is 11.6 Å². The molecule has 180 valence electrons. The highest BCUT2D eigenvalue weighted by Gasteiger charge is 2.36. The summed E-state index contributed by atoms with van der Waals surface area (Å²) in [6, 6.07) is 27.8. The molecule has 35 heavy (non-hydrogen) atoms. The monoisotopic (exact) mass is 466 g/mol. The van der Waals surface area contributed by atoms with Gasteiger partial charge in [0.1, 0.15) is 0 Å². The van der Waals surface area contributed by atoms with Crippen molar-refractivity contribution in [3.63, 3.8) is 0 Å². The minimum absolute atomic E-state index is 0.00430. The molecule has 0 spiro atoms. The van der Waals surface area contributed by atoms with E-state index in [1.807, 2.05) is 136 Å². The maximum Gasteiger partial charge on any atom is 0.237 e. The minimum atomic E-state index is -0.611. The Balaban J connectivity index is 2.11. The molecule has 1 heterocycles. The number of amides is 1. The smallest absolute Gasteiger partial charge is 0.237 e. The molecule has 0 saturated carbocycles. The number of benzene rings is 3. The molecule has 0 atom stereocenters. The first-order valence-electron chi connectivity index (χ1n) is 12.1. The van der Waals surface area contributed by atoms with E-state index < -0.39 is 10.8 Å². The van der Waals surface area contributed by atoms with Crippen LogP contribution in [0.4, 0.5) is 5.69 Å². The molecule has 0 unspecified atom stereocenters. The van der Waals surface area contributed by atoms with E-state index in [0.717, 1.165) is 33.4 Å². The van der Waals surface area contributed by atoms with Crippen molar-refractivity contribution in [2.45, 2.75) is 48.1 Å². The van der Waals surface area contributed by atoms with Crippen LogP contribution in [0.25, 0.3) is 22.2 Å². The maximum absolute atomic E-state index is 14.0. The topological polar surface area (TPSA) is 42.3 Å². The van der Waals surface area contributed by atoms with Crippen LogP contribution in [0.15, 0.2) is 84.9 Å². The average molecular weight is 467 g/mol. The zero-order valence-electron chi connectivity index (χ0n) is 21.5. The first kappa shape index (κ1) is 24.5. The largest absolute Gasteiger partial charge is 0.305 e. The highest BCUT2D eigenvalue weighted by Crippen LogP contribution is 2.43. The predicted molar refractivity (Wildman–Crippen MR) is 145 cm³/mol. The third-order valence-electron chi connectivity index (χ3n) is 6.08. The Morgan fingerprint density at radius 3 is 1.83 bits per heavy atom. The van der Waals surface area contributed by atoms with E-state index in [4.69, 9.17) is 0 Å². The molecule has 0 saturated heterocycles. The highest BCUT2D eigenvalue weighted by molar-refractivity contribution is 6.14. The zero-order valence-corrected chi connectivity index (χ0v) is 21.5. The molecule has 0 fully saturated rings. The molecule has 4 aromatic rings. The fraction of sp³-hybridized carbons (Fsp3) is 0.290. The standard InChI is InChI=1S/C31H34N2O2/c1-30(2,3)28(34)32(21-22-15-9-7-10-16-22)27-24-19-13-14-20-25(24)33(29(35)31(4,5)6)26(27)23-17-11-8-12-18-23/h7-20H,21H2,1-6H3. The SMILES string of the molecule is CC(C)(C)C(=O)N(Cc1ccccc1)c1c(-c2ccccc2)n(C(=O)C(C)(C)C)c2ccccc12. The van der Waals surface area contributed by atoms with Crippen LogP contribution >= 0.6 is 0 Å². The summed E-state index contributed by atoms with van der Waals surface area (Å²) in [4.78, 5) is 29.8. The summed E-state index contributed by atoms with van der Waals surface area (Å²) in [5.41, 5.74) is 3.04. The second kappa shape index (κ2) is 9.18. The van der Waals surface area contributed by atoms with Gasteiger partial charge in [0.2, 0.25) is 11.8 Å². The van der Waals surface area contributed by atoms with Crippen LogP contribution in [0.1, 0.15) is 51.9 Å². The molecular weight excluding hydrogens is 432 g/mol. The van der Waals surface area contributed by atoms with Gasteiger partial charge in [-0.1, -0.05) is 120 Å². The molecule has 4 rings (SSSR count). The van der Waals surface area contributed by atoms with Crippen LogP contribution in [-0.4, -0.2) is 16.4 Å². The Morgan fingerprint density at radius 2 is 1.26 bits per heavy atom. The number of hydrogen-bond acceptors (Lipinski definition) is 2. The van der Waals surface area contributed by atoms with E-state index in [9.17, 15) is 9.59 Å². The van der Waals surface area contributed by atoms with Gasteiger partial charge in [-0.25, -0.2) is 0 Å². The lowest BCUT2D eigenvalue weighted by molar-refractivity contribution is -0.125. The molecule has 4 heteroatoms. The van der Waals surface area contributed by atoms with Gasteiger partial charge >= 0.3 is 0 Å². The molecule has 1 amide bonds. The fourth-order valence-electron chi connectivity index (χ4n) is 4.33. The van der Waals surface area contributed by atoms with Gasteiger partial charge in [0.15, 0.2) is 0 Å². The molecular formula is C31H34N2O2.